The van der Waals surface area contributed by atoms with Crippen LogP contribution in [-0.4, -0.2) is 46.0 Å². The summed E-state index contributed by atoms with van der Waals surface area (Å²) in [5.41, 5.74) is 2.35. The minimum Gasteiger partial charge on any atom is -0.489 e. The molecule has 0 spiro atoms. The Bertz CT molecular complexity index is 759. The van der Waals surface area contributed by atoms with E-state index < -0.39 is 0 Å². The molecule has 0 saturated carbocycles. The van der Waals surface area contributed by atoms with Gasteiger partial charge in [-0.25, -0.2) is 0 Å². The quantitative estimate of drug-likeness (QED) is 0.326. The van der Waals surface area contributed by atoms with E-state index in [0.29, 0.717) is 12.5 Å². The zero-order valence-corrected chi connectivity index (χ0v) is 18.5. The standard InChI is InChI=1S/C25H35N3O3/c1-26-25(27-14-5-15-30-19-23-12-16-29-17-13-23)28-18-21-8-10-22(11-9-21)20-31-24-6-3-2-4-7-24/h2-4,6-11,23H,5,12-20H2,1H3,(H2,26,27,28). The minimum absolute atomic E-state index is 0.567. The van der Waals surface area contributed by atoms with Gasteiger partial charge in [-0.3, -0.25) is 4.99 Å². The SMILES string of the molecule is CN=C(NCCCOCC1CCOCC1)NCc1ccc(COc2ccccc2)cc1. The summed E-state index contributed by atoms with van der Waals surface area (Å²) in [4.78, 5) is 4.29. The molecule has 0 bridgehead atoms. The van der Waals surface area contributed by atoms with Gasteiger partial charge >= 0.3 is 0 Å². The summed E-state index contributed by atoms with van der Waals surface area (Å²) in [5.74, 6) is 2.35. The van der Waals surface area contributed by atoms with Crippen molar-refractivity contribution in [2.45, 2.75) is 32.4 Å². The predicted octanol–water partition coefficient (Wildman–Crippen LogP) is 3.76. The molecule has 0 aliphatic carbocycles. The average molecular weight is 426 g/mol. The number of benzene rings is 2. The van der Waals surface area contributed by atoms with Crippen LogP contribution < -0.4 is 15.4 Å². The molecule has 0 amide bonds. The van der Waals surface area contributed by atoms with Crippen molar-refractivity contribution in [3.8, 4) is 5.75 Å². The van der Waals surface area contributed by atoms with Crippen LogP contribution in [0.25, 0.3) is 0 Å². The van der Waals surface area contributed by atoms with Gasteiger partial charge in [0.2, 0.25) is 0 Å². The second-order valence-corrected chi connectivity index (χ2v) is 7.75. The van der Waals surface area contributed by atoms with Crippen molar-refractivity contribution in [1.29, 1.82) is 0 Å². The van der Waals surface area contributed by atoms with Crippen LogP contribution in [0.1, 0.15) is 30.4 Å². The molecular formula is C25H35N3O3. The third-order valence-electron chi connectivity index (χ3n) is 5.31. The third kappa shape index (κ3) is 8.99. The number of aliphatic imine (C=N–C) groups is 1. The van der Waals surface area contributed by atoms with Gasteiger partial charge in [-0.2, -0.15) is 0 Å². The molecule has 2 aromatic carbocycles. The van der Waals surface area contributed by atoms with Crippen molar-refractivity contribution >= 4 is 5.96 Å². The van der Waals surface area contributed by atoms with E-state index in [1.54, 1.807) is 7.05 Å². The number of nitrogens with zero attached hydrogens (tertiary/aromatic N) is 1. The molecule has 0 radical (unpaired) electrons. The van der Waals surface area contributed by atoms with Crippen LogP contribution in [0.15, 0.2) is 59.6 Å². The van der Waals surface area contributed by atoms with E-state index in [2.05, 4.69) is 39.9 Å². The Kier molecular flexibility index (Phi) is 10.2. The van der Waals surface area contributed by atoms with Crippen LogP contribution in [0.4, 0.5) is 0 Å². The number of para-hydroxylation sites is 1. The number of hydrogen-bond donors (Lipinski definition) is 2. The molecule has 1 aliphatic rings. The molecule has 2 aromatic rings. The first-order chi connectivity index (χ1) is 15.3. The molecule has 1 heterocycles. The van der Waals surface area contributed by atoms with E-state index in [0.717, 1.165) is 76.1 Å². The normalized spacial score (nSPS) is 14.9. The summed E-state index contributed by atoms with van der Waals surface area (Å²) in [6, 6.07) is 18.3. The van der Waals surface area contributed by atoms with Gasteiger partial charge in [-0.1, -0.05) is 42.5 Å². The molecule has 2 N–H and O–H groups in total. The Morgan fingerprint density at radius 3 is 2.48 bits per heavy atom. The maximum absolute atomic E-state index is 5.81. The molecule has 6 nitrogen and oxygen atoms in total. The van der Waals surface area contributed by atoms with Gasteiger partial charge in [-0.05, 0) is 48.4 Å². The fourth-order valence-corrected chi connectivity index (χ4v) is 3.39. The highest BCUT2D eigenvalue weighted by molar-refractivity contribution is 5.79. The van der Waals surface area contributed by atoms with Crippen LogP contribution >= 0.6 is 0 Å². The lowest BCUT2D eigenvalue weighted by Crippen LogP contribution is -2.37. The summed E-state index contributed by atoms with van der Waals surface area (Å²) >= 11 is 0. The number of nitrogens with one attached hydrogen (secondary N) is 2. The predicted molar refractivity (Wildman–Crippen MR) is 124 cm³/mol. The highest BCUT2D eigenvalue weighted by Crippen LogP contribution is 2.15. The number of guanidine groups is 1. The number of hydrogen-bond acceptors (Lipinski definition) is 4. The molecule has 0 unspecified atom stereocenters. The minimum atomic E-state index is 0.567. The zero-order valence-electron chi connectivity index (χ0n) is 18.5. The van der Waals surface area contributed by atoms with Crippen molar-refractivity contribution in [2.75, 3.05) is 40.0 Å². The zero-order chi connectivity index (χ0) is 21.6. The molecule has 0 aromatic heterocycles. The molecule has 3 rings (SSSR count). The summed E-state index contributed by atoms with van der Waals surface area (Å²) in [6.45, 7) is 5.50. The van der Waals surface area contributed by atoms with E-state index in [9.17, 15) is 0 Å². The lowest BCUT2D eigenvalue weighted by molar-refractivity contribution is 0.0203. The Hall–Kier alpha value is -2.57. The number of ether oxygens (including phenoxy) is 3. The van der Waals surface area contributed by atoms with Crippen molar-refractivity contribution in [1.82, 2.24) is 10.6 Å². The monoisotopic (exact) mass is 425 g/mol. The molecule has 168 valence electrons. The summed E-state index contributed by atoms with van der Waals surface area (Å²) in [7, 11) is 1.79. The maximum atomic E-state index is 5.81. The van der Waals surface area contributed by atoms with Gasteiger partial charge in [0.15, 0.2) is 5.96 Å². The van der Waals surface area contributed by atoms with Gasteiger partial charge in [0.1, 0.15) is 12.4 Å². The van der Waals surface area contributed by atoms with Crippen molar-refractivity contribution < 1.29 is 14.2 Å². The van der Waals surface area contributed by atoms with Gasteiger partial charge in [-0.15, -0.1) is 0 Å². The van der Waals surface area contributed by atoms with Gasteiger partial charge in [0.05, 0.1) is 0 Å². The van der Waals surface area contributed by atoms with Crippen molar-refractivity contribution in [3.05, 3.63) is 65.7 Å². The van der Waals surface area contributed by atoms with Crippen molar-refractivity contribution in [3.63, 3.8) is 0 Å². The van der Waals surface area contributed by atoms with Gasteiger partial charge in [0, 0.05) is 46.6 Å². The first kappa shape index (κ1) is 23.1. The molecule has 6 heteroatoms. The molecule has 0 atom stereocenters. The molecule has 1 aliphatic heterocycles. The smallest absolute Gasteiger partial charge is 0.191 e. The van der Waals surface area contributed by atoms with Crippen molar-refractivity contribution in [2.24, 2.45) is 10.9 Å². The Balaban J connectivity index is 1.27. The molecule has 1 saturated heterocycles. The first-order valence-corrected chi connectivity index (χ1v) is 11.2. The van der Waals surface area contributed by atoms with E-state index in [1.165, 1.54) is 5.56 Å². The van der Waals surface area contributed by atoms with Gasteiger partial charge in [0.25, 0.3) is 0 Å². The summed E-state index contributed by atoms with van der Waals surface area (Å²) in [5, 5.41) is 6.71. The van der Waals surface area contributed by atoms with Crippen LogP contribution in [0, 0.1) is 5.92 Å². The average Bonchev–Trinajstić information content (AvgIpc) is 2.84. The van der Waals surface area contributed by atoms with E-state index in [1.807, 2.05) is 30.3 Å². The highest BCUT2D eigenvalue weighted by Gasteiger charge is 2.13. The fourth-order valence-electron chi connectivity index (χ4n) is 3.39. The summed E-state index contributed by atoms with van der Waals surface area (Å²) in [6.07, 6.45) is 3.20. The molecular weight excluding hydrogens is 390 g/mol. The molecule has 1 fully saturated rings. The lowest BCUT2D eigenvalue weighted by atomic mass is 10.0. The Morgan fingerprint density at radius 1 is 1.00 bits per heavy atom. The third-order valence-corrected chi connectivity index (χ3v) is 5.31. The highest BCUT2D eigenvalue weighted by atomic mass is 16.5. The lowest BCUT2D eigenvalue weighted by Gasteiger charge is -2.21. The largest absolute Gasteiger partial charge is 0.489 e. The van der Waals surface area contributed by atoms with Gasteiger partial charge < -0.3 is 24.8 Å². The first-order valence-electron chi connectivity index (χ1n) is 11.2. The Morgan fingerprint density at radius 2 is 1.74 bits per heavy atom. The van der Waals surface area contributed by atoms with Crippen LogP contribution in [0.3, 0.4) is 0 Å². The van der Waals surface area contributed by atoms with E-state index in [4.69, 9.17) is 14.2 Å². The molecule has 31 heavy (non-hydrogen) atoms. The number of rotatable bonds is 11. The van der Waals surface area contributed by atoms with Crippen LogP contribution in [0.5, 0.6) is 5.75 Å². The van der Waals surface area contributed by atoms with E-state index >= 15 is 0 Å². The van der Waals surface area contributed by atoms with Crippen LogP contribution in [-0.2, 0) is 22.6 Å². The second kappa shape index (κ2) is 13.7. The summed E-state index contributed by atoms with van der Waals surface area (Å²) < 4.78 is 17.0. The second-order valence-electron chi connectivity index (χ2n) is 7.75. The van der Waals surface area contributed by atoms with Crippen LogP contribution in [0.2, 0.25) is 0 Å². The fraction of sp³-hybridized carbons (Fsp3) is 0.480. The van der Waals surface area contributed by atoms with E-state index in [-0.39, 0.29) is 0 Å². The topological polar surface area (TPSA) is 64.1 Å². The Labute approximate surface area is 186 Å². The maximum Gasteiger partial charge on any atom is 0.191 e.